The maximum Gasteiger partial charge on any atom is 0.335 e. The average molecular weight is 285 g/mol. The molecule has 3 nitrogen and oxygen atoms in total. The van der Waals surface area contributed by atoms with E-state index >= 15 is 0 Å². The van der Waals surface area contributed by atoms with E-state index in [-0.39, 0.29) is 5.56 Å². The van der Waals surface area contributed by atoms with Gasteiger partial charge in [-0.1, -0.05) is 6.08 Å². The lowest BCUT2D eigenvalue weighted by atomic mass is 10.2. The van der Waals surface area contributed by atoms with Crippen LogP contribution in [0.25, 0.3) is 0 Å². The molecule has 0 unspecified atom stereocenters. The van der Waals surface area contributed by atoms with Crippen molar-refractivity contribution in [1.29, 1.82) is 0 Å². The van der Waals surface area contributed by atoms with Gasteiger partial charge in [0, 0.05) is 0 Å². The van der Waals surface area contributed by atoms with Crippen molar-refractivity contribution in [1.82, 2.24) is 0 Å². The minimum atomic E-state index is -0.955. The molecule has 0 amide bonds. The van der Waals surface area contributed by atoms with Crippen molar-refractivity contribution in [3.63, 3.8) is 0 Å². The first-order valence-corrected chi connectivity index (χ1v) is 5.71. The zero-order valence-electron chi connectivity index (χ0n) is 8.78. The van der Waals surface area contributed by atoms with Gasteiger partial charge in [0.1, 0.15) is 5.75 Å². The molecule has 0 radical (unpaired) electrons. The highest BCUT2D eigenvalue weighted by molar-refractivity contribution is 9.10. The quantitative estimate of drug-likeness (QED) is 0.643. The molecule has 0 fully saturated rings. The zero-order chi connectivity index (χ0) is 12.0. The monoisotopic (exact) mass is 284 g/mol. The van der Waals surface area contributed by atoms with Gasteiger partial charge in [0.05, 0.1) is 16.6 Å². The van der Waals surface area contributed by atoms with Crippen LogP contribution in [0.4, 0.5) is 0 Å². The van der Waals surface area contributed by atoms with E-state index in [4.69, 9.17) is 9.84 Å². The molecule has 1 aromatic rings. The Balaban J connectivity index is 2.66. The summed E-state index contributed by atoms with van der Waals surface area (Å²) in [6.45, 7) is 4.17. The minimum Gasteiger partial charge on any atom is -0.492 e. The molecule has 16 heavy (non-hydrogen) atoms. The van der Waals surface area contributed by atoms with Crippen LogP contribution >= 0.6 is 15.9 Å². The Kier molecular flexibility index (Phi) is 5.05. The number of carboxylic acid groups (broad SMARTS) is 1. The van der Waals surface area contributed by atoms with Crippen molar-refractivity contribution >= 4 is 21.9 Å². The Labute approximate surface area is 103 Å². The molecule has 0 atom stereocenters. The number of benzene rings is 1. The fourth-order valence-corrected chi connectivity index (χ4v) is 1.52. The summed E-state index contributed by atoms with van der Waals surface area (Å²) in [5, 5.41) is 8.83. The van der Waals surface area contributed by atoms with E-state index < -0.39 is 5.97 Å². The number of aromatic carboxylic acids is 1. The van der Waals surface area contributed by atoms with Gasteiger partial charge in [-0.05, 0) is 47.0 Å². The van der Waals surface area contributed by atoms with Crippen LogP contribution in [0.1, 0.15) is 23.2 Å². The lowest BCUT2D eigenvalue weighted by Crippen LogP contribution is -2.00. The summed E-state index contributed by atoms with van der Waals surface area (Å²) in [6, 6.07) is 4.72. The number of rotatable bonds is 6. The van der Waals surface area contributed by atoms with Crippen molar-refractivity contribution in [3.05, 3.63) is 40.9 Å². The molecule has 4 heteroatoms. The van der Waals surface area contributed by atoms with E-state index in [1.165, 1.54) is 12.1 Å². The standard InChI is InChI=1S/C12H13BrO3/c1-2-3-4-7-16-11-8-9(12(14)15)5-6-10(11)13/h2,5-6,8H,1,3-4,7H2,(H,14,15). The van der Waals surface area contributed by atoms with Crippen LogP contribution in [0.2, 0.25) is 0 Å². The van der Waals surface area contributed by atoms with Crippen molar-refractivity contribution < 1.29 is 14.6 Å². The first kappa shape index (κ1) is 12.8. The second kappa shape index (κ2) is 6.33. The Morgan fingerprint density at radius 1 is 1.56 bits per heavy atom. The van der Waals surface area contributed by atoms with Crippen LogP contribution in [0.15, 0.2) is 35.3 Å². The minimum absolute atomic E-state index is 0.224. The first-order chi connectivity index (χ1) is 7.65. The van der Waals surface area contributed by atoms with Crippen molar-refractivity contribution in [2.24, 2.45) is 0 Å². The molecular formula is C12H13BrO3. The molecule has 1 rings (SSSR count). The number of allylic oxidation sites excluding steroid dienone is 1. The van der Waals surface area contributed by atoms with E-state index in [2.05, 4.69) is 22.5 Å². The number of unbranched alkanes of at least 4 members (excludes halogenated alkanes) is 1. The maximum atomic E-state index is 10.8. The number of ether oxygens (including phenoxy) is 1. The van der Waals surface area contributed by atoms with E-state index in [1.807, 2.05) is 6.08 Å². The smallest absolute Gasteiger partial charge is 0.335 e. The van der Waals surface area contributed by atoms with Gasteiger partial charge >= 0.3 is 5.97 Å². The molecule has 0 heterocycles. The molecule has 0 saturated carbocycles. The van der Waals surface area contributed by atoms with E-state index in [1.54, 1.807) is 6.07 Å². The summed E-state index contributed by atoms with van der Waals surface area (Å²) in [7, 11) is 0. The van der Waals surface area contributed by atoms with Gasteiger partial charge in [0.25, 0.3) is 0 Å². The largest absolute Gasteiger partial charge is 0.492 e. The number of hydrogen-bond donors (Lipinski definition) is 1. The van der Waals surface area contributed by atoms with Crippen molar-refractivity contribution in [2.75, 3.05) is 6.61 Å². The molecular weight excluding hydrogens is 272 g/mol. The predicted octanol–water partition coefficient (Wildman–Crippen LogP) is 3.49. The number of carboxylic acids is 1. The molecule has 0 bridgehead atoms. The second-order valence-electron chi connectivity index (χ2n) is 3.23. The lowest BCUT2D eigenvalue weighted by Gasteiger charge is -2.08. The molecule has 0 spiro atoms. The highest BCUT2D eigenvalue weighted by atomic mass is 79.9. The van der Waals surface area contributed by atoms with Crippen LogP contribution in [-0.4, -0.2) is 17.7 Å². The fourth-order valence-electron chi connectivity index (χ4n) is 1.16. The van der Waals surface area contributed by atoms with Crippen molar-refractivity contribution in [3.8, 4) is 5.75 Å². The van der Waals surface area contributed by atoms with Gasteiger partial charge in [-0.15, -0.1) is 6.58 Å². The molecule has 86 valence electrons. The topological polar surface area (TPSA) is 46.5 Å². The highest BCUT2D eigenvalue weighted by Crippen LogP contribution is 2.26. The zero-order valence-corrected chi connectivity index (χ0v) is 10.4. The maximum absolute atomic E-state index is 10.8. The third-order valence-corrected chi connectivity index (χ3v) is 2.64. The normalized spacial score (nSPS) is 9.81. The van der Waals surface area contributed by atoms with Crippen LogP contribution in [-0.2, 0) is 0 Å². The van der Waals surface area contributed by atoms with Gasteiger partial charge < -0.3 is 9.84 Å². The first-order valence-electron chi connectivity index (χ1n) is 4.91. The van der Waals surface area contributed by atoms with Gasteiger partial charge in [-0.2, -0.15) is 0 Å². The predicted molar refractivity (Wildman–Crippen MR) is 66.0 cm³/mol. The van der Waals surface area contributed by atoms with Gasteiger partial charge in [0.2, 0.25) is 0 Å². The summed E-state index contributed by atoms with van der Waals surface area (Å²) >= 11 is 3.31. The summed E-state index contributed by atoms with van der Waals surface area (Å²) in [5.74, 6) is -0.396. The van der Waals surface area contributed by atoms with Crippen molar-refractivity contribution in [2.45, 2.75) is 12.8 Å². The third-order valence-electron chi connectivity index (χ3n) is 1.99. The van der Waals surface area contributed by atoms with Gasteiger partial charge in [-0.3, -0.25) is 0 Å². The van der Waals surface area contributed by atoms with E-state index in [0.29, 0.717) is 12.4 Å². The van der Waals surface area contributed by atoms with Crippen LogP contribution in [0.5, 0.6) is 5.75 Å². The Morgan fingerprint density at radius 2 is 2.31 bits per heavy atom. The summed E-state index contributed by atoms with van der Waals surface area (Å²) < 4.78 is 6.23. The highest BCUT2D eigenvalue weighted by Gasteiger charge is 2.07. The van der Waals surface area contributed by atoms with E-state index in [9.17, 15) is 4.79 Å². The summed E-state index contributed by atoms with van der Waals surface area (Å²) in [6.07, 6.45) is 3.58. The molecule has 1 aromatic carbocycles. The summed E-state index contributed by atoms with van der Waals surface area (Å²) in [5.41, 5.74) is 0.224. The third kappa shape index (κ3) is 3.70. The van der Waals surface area contributed by atoms with E-state index in [0.717, 1.165) is 17.3 Å². The van der Waals surface area contributed by atoms with Gasteiger partial charge in [0.15, 0.2) is 0 Å². The lowest BCUT2D eigenvalue weighted by molar-refractivity contribution is 0.0696. The van der Waals surface area contributed by atoms with Gasteiger partial charge in [-0.25, -0.2) is 4.79 Å². The average Bonchev–Trinajstić information content (AvgIpc) is 2.26. The Hall–Kier alpha value is -1.29. The Bertz CT molecular complexity index is 388. The molecule has 0 aliphatic heterocycles. The fraction of sp³-hybridized carbons (Fsp3) is 0.250. The van der Waals surface area contributed by atoms with Crippen LogP contribution < -0.4 is 4.74 Å². The number of halogens is 1. The number of carbonyl (C=O) groups is 1. The second-order valence-corrected chi connectivity index (χ2v) is 4.08. The number of hydrogen-bond acceptors (Lipinski definition) is 2. The van der Waals surface area contributed by atoms with Crippen LogP contribution in [0, 0.1) is 0 Å². The van der Waals surface area contributed by atoms with Crippen LogP contribution in [0.3, 0.4) is 0 Å². The summed E-state index contributed by atoms with van der Waals surface area (Å²) in [4.78, 5) is 10.8. The molecule has 0 aliphatic carbocycles. The molecule has 0 saturated heterocycles. The molecule has 1 N–H and O–H groups in total. The molecule has 0 aliphatic rings. The SMILES string of the molecule is C=CCCCOc1cc(C(=O)O)ccc1Br. The molecule has 0 aromatic heterocycles. The Morgan fingerprint density at radius 3 is 2.94 bits per heavy atom.